The highest BCUT2D eigenvalue weighted by Gasteiger charge is 2.16. The largest absolute Gasteiger partial charge is 0.478 e. The maximum Gasteiger partial charge on any atom is 0.339 e. The minimum absolute atomic E-state index is 0.251. The van der Waals surface area contributed by atoms with Crippen LogP contribution >= 0.6 is 0 Å². The van der Waals surface area contributed by atoms with E-state index in [1.165, 1.54) is 5.56 Å². The van der Waals surface area contributed by atoms with Crippen molar-refractivity contribution in [2.75, 3.05) is 11.9 Å². The van der Waals surface area contributed by atoms with E-state index < -0.39 is 5.97 Å². The molecule has 2 rings (SSSR count). The van der Waals surface area contributed by atoms with Gasteiger partial charge in [0.25, 0.3) is 0 Å². The number of hydrogen-bond donors (Lipinski definition) is 2. The Morgan fingerprint density at radius 3 is 2.57 bits per heavy atom. The molecule has 0 bridgehead atoms. The quantitative estimate of drug-likeness (QED) is 0.880. The summed E-state index contributed by atoms with van der Waals surface area (Å²) in [6, 6.07) is 11.9. The first-order valence-corrected chi connectivity index (χ1v) is 6.99. The fourth-order valence-electron chi connectivity index (χ4n) is 2.38. The van der Waals surface area contributed by atoms with Gasteiger partial charge in [-0.2, -0.15) is 0 Å². The van der Waals surface area contributed by atoms with E-state index in [9.17, 15) is 9.90 Å². The smallest absolute Gasteiger partial charge is 0.339 e. The average Bonchev–Trinajstić information content (AvgIpc) is 2.44. The molecule has 1 atom stereocenters. The van der Waals surface area contributed by atoms with Gasteiger partial charge in [0.05, 0.1) is 0 Å². The molecule has 1 aromatic heterocycles. The number of carbonyl (C=O) groups is 1. The summed E-state index contributed by atoms with van der Waals surface area (Å²) in [7, 11) is 0. The summed E-state index contributed by atoms with van der Waals surface area (Å²) in [5.41, 5.74) is 3.00. The highest BCUT2D eigenvalue weighted by molar-refractivity contribution is 5.94. The van der Waals surface area contributed by atoms with E-state index in [2.05, 4.69) is 29.4 Å². The minimum atomic E-state index is -0.949. The van der Waals surface area contributed by atoms with Crippen molar-refractivity contribution < 1.29 is 9.90 Å². The molecule has 1 unspecified atom stereocenters. The second-order valence-corrected chi connectivity index (χ2v) is 5.30. The number of aromatic carboxylic acids is 1. The normalized spacial score (nSPS) is 12.0. The third-order valence-corrected chi connectivity index (χ3v) is 3.50. The van der Waals surface area contributed by atoms with Crippen LogP contribution in [0.2, 0.25) is 0 Å². The van der Waals surface area contributed by atoms with Gasteiger partial charge in [-0.15, -0.1) is 0 Å². The third kappa shape index (κ3) is 3.60. The molecule has 0 spiro atoms. The Balaban J connectivity index is 2.18. The van der Waals surface area contributed by atoms with Gasteiger partial charge in [0, 0.05) is 12.2 Å². The predicted molar refractivity (Wildman–Crippen MR) is 84.0 cm³/mol. The van der Waals surface area contributed by atoms with Crippen LogP contribution in [0.4, 0.5) is 5.82 Å². The van der Waals surface area contributed by atoms with Crippen molar-refractivity contribution in [1.82, 2.24) is 4.98 Å². The van der Waals surface area contributed by atoms with Crippen LogP contribution in [0.5, 0.6) is 0 Å². The first kappa shape index (κ1) is 15.0. The number of hydrogen-bond acceptors (Lipinski definition) is 3. The molecule has 110 valence electrons. The number of pyridine rings is 1. The topological polar surface area (TPSA) is 62.2 Å². The van der Waals surface area contributed by atoms with Crippen LogP contribution in [-0.4, -0.2) is 22.6 Å². The Morgan fingerprint density at radius 1 is 1.29 bits per heavy atom. The summed E-state index contributed by atoms with van der Waals surface area (Å²) in [6.07, 6.45) is 0. The van der Waals surface area contributed by atoms with E-state index in [-0.39, 0.29) is 11.5 Å². The highest BCUT2D eigenvalue weighted by Crippen LogP contribution is 2.21. The Bertz CT molecular complexity index is 639. The zero-order valence-electron chi connectivity index (χ0n) is 12.6. The number of carboxylic acids is 1. The fraction of sp³-hybridized carbons (Fsp3) is 0.294. The number of nitrogens with zero attached hydrogens (tertiary/aromatic N) is 1. The van der Waals surface area contributed by atoms with Gasteiger partial charge in [0.2, 0.25) is 0 Å². The van der Waals surface area contributed by atoms with Crippen LogP contribution in [0.25, 0.3) is 0 Å². The van der Waals surface area contributed by atoms with Crippen LogP contribution in [0, 0.1) is 13.8 Å². The van der Waals surface area contributed by atoms with Gasteiger partial charge in [0.15, 0.2) is 0 Å². The molecular formula is C17H20N2O2. The predicted octanol–water partition coefficient (Wildman–Crippen LogP) is 3.61. The highest BCUT2D eigenvalue weighted by atomic mass is 16.4. The number of anilines is 1. The zero-order valence-corrected chi connectivity index (χ0v) is 12.6. The van der Waals surface area contributed by atoms with E-state index in [1.807, 2.05) is 25.1 Å². The van der Waals surface area contributed by atoms with E-state index in [0.29, 0.717) is 12.4 Å². The molecule has 21 heavy (non-hydrogen) atoms. The third-order valence-electron chi connectivity index (χ3n) is 3.50. The molecule has 4 heteroatoms. The number of aromatic nitrogens is 1. The van der Waals surface area contributed by atoms with Crippen molar-refractivity contribution in [2.24, 2.45) is 0 Å². The van der Waals surface area contributed by atoms with Gasteiger partial charge in [-0.3, -0.25) is 0 Å². The molecule has 0 amide bonds. The lowest BCUT2D eigenvalue weighted by Gasteiger charge is -2.16. The van der Waals surface area contributed by atoms with E-state index >= 15 is 0 Å². The molecule has 4 nitrogen and oxygen atoms in total. The SMILES string of the molecule is Cc1cc(C)c(C(=O)O)c(NCC(C)c2ccccc2)n1. The summed E-state index contributed by atoms with van der Waals surface area (Å²) >= 11 is 0. The summed E-state index contributed by atoms with van der Waals surface area (Å²) < 4.78 is 0. The molecule has 2 aromatic rings. The molecule has 2 N–H and O–H groups in total. The second-order valence-electron chi connectivity index (χ2n) is 5.30. The van der Waals surface area contributed by atoms with Gasteiger partial charge in [0.1, 0.15) is 11.4 Å². The molecule has 0 radical (unpaired) electrons. The molecule has 0 aliphatic rings. The first-order valence-electron chi connectivity index (χ1n) is 6.99. The van der Waals surface area contributed by atoms with Crippen LogP contribution in [0.3, 0.4) is 0 Å². The van der Waals surface area contributed by atoms with E-state index in [4.69, 9.17) is 0 Å². The molecule has 0 aliphatic carbocycles. The summed E-state index contributed by atoms with van der Waals surface area (Å²) in [4.78, 5) is 15.7. The average molecular weight is 284 g/mol. The molecule has 0 aliphatic heterocycles. The van der Waals surface area contributed by atoms with Crippen molar-refractivity contribution in [1.29, 1.82) is 0 Å². The minimum Gasteiger partial charge on any atom is -0.478 e. The van der Waals surface area contributed by atoms with E-state index in [1.54, 1.807) is 13.0 Å². The van der Waals surface area contributed by atoms with Crippen molar-refractivity contribution >= 4 is 11.8 Å². The van der Waals surface area contributed by atoms with Gasteiger partial charge in [-0.05, 0) is 37.0 Å². The monoisotopic (exact) mass is 284 g/mol. The Morgan fingerprint density at radius 2 is 1.95 bits per heavy atom. The van der Waals surface area contributed by atoms with Crippen LogP contribution < -0.4 is 5.32 Å². The lowest BCUT2D eigenvalue weighted by atomic mass is 10.0. The number of aryl methyl sites for hydroxylation is 2. The summed E-state index contributed by atoms with van der Waals surface area (Å²) in [5, 5.41) is 12.5. The molecule has 1 heterocycles. The Kier molecular flexibility index (Phi) is 4.58. The molecule has 0 saturated heterocycles. The molecule has 0 fully saturated rings. The van der Waals surface area contributed by atoms with Crippen molar-refractivity contribution in [3.05, 3.63) is 58.8 Å². The van der Waals surface area contributed by atoms with Gasteiger partial charge >= 0.3 is 5.97 Å². The Hall–Kier alpha value is -2.36. The standard InChI is InChI=1S/C17H20N2O2/c1-11-9-13(3)19-16(15(11)17(20)21)18-10-12(2)14-7-5-4-6-8-14/h4-9,12H,10H2,1-3H3,(H,18,19)(H,20,21). The van der Waals surface area contributed by atoms with Crippen LogP contribution in [0.15, 0.2) is 36.4 Å². The fourth-order valence-corrected chi connectivity index (χ4v) is 2.38. The number of nitrogens with one attached hydrogen (secondary N) is 1. The lowest BCUT2D eigenvalue weighted by Crippen LogP contribution is -2.15. The number of rotatable bonds is 5. The van der Waals surface area contributed by atoms with Gasteiger partial charge < -0.3 is 10.4 Å². The van der Waals surface area contributed by atoms with Crippen molar-refractivity contribution in [3.8, 4) is 0 Å². The van der Waals surface area contributed by atoms with Crippen LogP contribution in [0.1, 0.15) is 40.0 Å². The number of carboxylic acid groups (broad SMARTS) is 1. The summed E-state index contributed by atoms with van der Waals surface area (Å²) in [5.74, 6) is -0.229. The molecular weight excluding hydrogens is 264 g/mol. The Labute approximate surface area is 124 Å². The second kappa shape index (κ2) is 6.39. The first-order chi connectivity index (χ1) is 9.99. The maximum absolute atomic E-state index is 11.4. The van der Waals surface area contributed by atoms with Crippen molar-refractivity contribution in [3.63, 3.8) is 0 Å². The number of benzene rings is 1. The van der Waals surface area contributed by atoms with Gasteiger partial charge in [-0.1, -0.05) is 37.3 Å². The van der Waals surface area contributed by atoms with E-state index in [0.717, 1.165) is 11.3 Å². The molecule has 1 aromatic carbocycles. The van der Waals surface area contributed by atoms with Crippen LogP contribution in [-0.2, 0) is 0 Å². The van der Waals surface area contributed by atoms with Crippen molar-refractivity contribution in [2.45, 2.75) is 26.7 Å². The van der Waals surface area contributed by atoms with Gasteiger partial charge in [-0.25, -0.2) is 9.78 Å². The zero-order chi connectivity index (χ0) is 15.4. The summed E-state index contributed by atoms with van der Waals surface area (Å²) in [6.45, 7) is 6.40. The molecule has 0 saturated carbocycles. The lowest BCUT2D eigenvalue weighted by molar-refractivity contribution is 0.0697. The maximum atomic E-state index is 11.4.